The van der Waals surface area contributed by atoms with Crippen molar-refractivity contribution in [3.8, 4) is 17.2 Å². The molecule has 0 unspecified atom stereocenters. The molecule has 0 amide bonds. The molecule has 0 bridgehead atoms. The maximum atomic E-state index is 6.85. The van der Waals surface area contributed by atoms with Gasteiger partial charge in [0.2, 0.25) is 0 Å². The van der Waals surface area contributed by atoms with Gasteiger partial charge in [0, 0.05) is 38.8 Å². The summed E-state index contributed by atoms with van der Waals surface area (Å²) in [7, 11) is 0. The Morgan fingerprint density at radius 3 is 2.00 bits per heavy atom. The molecule has 240 valence electrons. The number of H-pyrrole nitrogens is 1. The van der Waals surface area contributed by atoms with Crippen LogP contribution < -0.4 is 21.1 Å². The van der Waals surface area contributed by atoms with Gasteiger partial charge in [-0.1, -0.05) is 126 Å². The van der Waals surface area contributed by atoms with E-state index >= 15 is 0 Å². The Kier molecular flexibility index (Phi) is 6.81. The average molecular weight is 637 g/mol. The lowest BCUT2D eigenvalue weighted by Gasteiger charge is -2.32. The first-order valence-corrected chi connectivity index (χ1v) is 17.8. The van der Waals surface area contributed by atoms with E-state index < -0.39 is 0 Å². The lowest BCUT2D eigenvalue weighted by Crippen LogP contribution is -2.57. The van der Waals surface area contributed by atoms with Gasteiger partial charge in [-0.05, 0) is 75.7 Å². The Hall–Kier alpha value is -5.22. The van der Waals surface area contributed by atoms with Crippen LogP contribution in [0.4, 0.5) is 0 Å². The third-order valence-electron chi connectivity index (χ3n) is 10.8. The molecule has 0 aliphatic carbocycles. The number of para-hydroxylation sites is 3. The first-order valence-electron chi connectivity index (χ1n) is 17.8. The van der Waals surface area contributed by atoms with E-state index in [1.54, 1.807) is 0 Å². The summed E-state index contributed by atoms with van der Waals surface area (Å²) in [6, 6.07) is 42.4. The molecule has 8 aromatic rings. The van der Waals surface area contributed by atoms with Gasteiger partial charge in [-0.25, -0.2) is 0 Å². The van der Waals surface area contributed by atoms with E-state index in [-0.39, 0.29) is 6.71 Å². The van der Waals surface area contributed by atoms with Crippen molar-refractivity contribution in [3.63, 3.8) is 0 Å². The van der Waals surface area contributed by atoms with Crippen molar-refractivity contribution in [1.82, 2.24) is 9.55 Å². The monoisotopic (exact) mass is 636 g/mol. The van der Waals surface area contributed by atoms with Crippen LogP contribution in [0.1, 0.15) is 76.0 Å². The second-order valence-electron chi connectivity index (χ2n) is 14.8. The van der Waals surface area contributed by atoms with Crippen molar-refractivity contribution in [2.45, 2.75) is 59.3 Å². The number of nitrogens with zero attached hydrogens (tertiary/aromatic N) is 1. The standard InChI is InChI=1S/C45H41BN2O/c1-26(2)29-23-34(27(3)4)44(35(24-29)28(5)6)46-36-15-9-12-18-41(36)49-42-25-30(19-21-37(42)46)48-39-17-11-8-14-33(39)43-40(48)22-20-32-31-13-7-10-16-38(31)47-45(32)43/h7-28,47H,1-6H3. The minimum absolute atomic E-state index is 0.0779. The molecule has 3 nitrogen and oxygen atoms in total. The summed E-state index contributed by atoms with van der Waals surface area (Å²) in [5, 5.41) is 5.00. The maximum absolute atomic E-state index is 6.85. The van der Waals surface area contributed by atoms with Gasteiger partial charge in [-0.3, -0.25) is 0 Å². The highest BCUT2D eigenvalue weighted by Crippen LogP contribution is 2.40. The molecule has 49 heavy (non-hydrogen) atoms. The van der Waals surface area contributed by atoms with E-state index in [4.69, 9.17) is 4.74 Å². The first kappa shape index (κ1) is 29.9. The number of hydrogen-bond acceptors (Lipinski definition) is 1. The summed E-state index contributed by atoms with van der Waals surface area (Å²) in [4.78, 5) is 3.76. The van der Waals surface area contributed by atoms with E-state index in [1.165, 1.54) is 71.2 Å². The minimum atomic E-state index is 0.0779. The fourth-order valence-corrected chi connectivity index (χ4v) is 8.40. The number of aromatic amines is 1. The van der Waals surface area contributed by atoms with Crippen LogP contribution in [0.25, 0.3) is 49.3 Å². The zero-order valence-corrected chi connectivity index (χ0v) is 29.1. The van der Waals surface area contributed by atoms with Gasteiger partial charge >= 0.3 is 0 Å². The Morgan fingerprint density at radius 1 is 0.571 bits per heavy atom. The summed E-state index contributed by atoms with van der Waals surface area (Å²) >= 11 is 0. The molecule has 0 saturated carbocycles. The summed E-state index contributed by atoms with van der Waals surface area (Å²) in [6.45, 7) is 14.1. The lowest BCUT2D eigenvalue weighted by molar-refractivity contribution is 0.487. The SMILES string of the molecule is CC(C)c1cc(C(C)C)c(B2c3ccccc3Oc3cc(-n4c5ccccc5c5c6[nH]c7ccccc7c6ccc54)ccc32)c(C(C)C)c1. The molecule has 1 aliphatic heterocycles. The zero-order valence-electron chi connectivity index (χ0n) is 29.1. The van der Waals surface area contributed by atoms with Gasteiger partial charge in [0.05, 0.1) is 16.6 Å². The lowest BCUT2D eigenvalue weighted by atomic mass is 9.34. The fraction of sp³-hybridized carbons (Fsp3) is 0.200. The highest BCUT2D eigenvalue weighted by atomic mass is 16.5. The van der Waals surface area contributed by atoms with Gasteiger partial charge in [0.15, 0.2) is 0 Å². The van der Waals surface area contributed by atoms with Crippen LogP contribution >= 0.6 is 0 Å². The van der Waals surface area contributed by atoms with Crippen LogP contribution in [0.15, 0.2) is 115 Å². The number of aromatic nitrogens is 2. The maximum Gasteiger partial charge on any atom is 0.251 e. The van der Waals surface area contributed by atoms with E-state index in [9.17, 15) is 0 Å². The van der Waals surface area contributed by atoms with E-state index in [2.05, 4.69) is 166 Å². The van der Waals surface area contributed by atoms with Crippen molar-refractivity contribution in [1.29, 1.82) is 0 Å². The van der Waals surface area contributed by atoms with Crippen molar-refractivity contribution < 1.29 is 4.74 Å². The number of benzene rings is 6. The Morgan fingerprint density at radius 2 is 1.24 bits per heavy atom. The van der Waals surface area contributed by atoms with Crippen LogP contribution in [-0.2, 0) is 0 Å². The molecule has 0 spiro atoms. The second kappa shape index (κ2) is 11.2. The summed E-state index contributed by atoms with van der Waals surface area (Å²) in [6.07, 6.45) is 0. The predicted octanol–water partition coefficient (Wildman–Crippen LogP) is 10.4. The van der Waals surface area contributed by atoms with Crippen molar-refractivity contribution in [3.05, 3.63) is 132 Å². The molecule has 4 heteroatoms. The number of nitrogens with one attached hydrogen (secondary N) is 1. The molecule has 0 radical (unpaired) electrons. The minimum Gasteiger partial charge on any atom is -0.458 e. The number of rotatable bonds is 5. The number of hydrogen-bond donors (Lipinski definition) is 1. The van der Waals surface area contributed by atoms with Crippen LogP contribution in [0.2, 0.25) is 0 Å². The van der Waals surface area contributed by atoms with E-state index in [0.717, 1.165) is 22.7 Å². The zero-order chi connectivity index (χ0) is 33.6. The summed E-state index contributed by atoms with van der Waals surface area (Å²) in [5.41, 5.74) is 14.0. The Balaban J connectivity index is 1.30. The van der Waals surface area contributed by atoms with Crippen LogP contribution in [-0.4, -0.2) is 16.3 Å². The van der Waals surface area contributed by atoms with E-state index in [0.29, 0.717) is 17.8 Å². The molecule has 6 aromatic carbocycles. The smallest absolute Gasteiger partial charge is 0.251 e. The molecular formula is C45H41BN2O. The number of fused-ring (bicyclic) bond motifs is 9. The molecule has 1 aliphatic rings. The molecule has 9 rings (SSSR count). The Labute approximate surface area is 288 Å². The van der Waals surface area contributed by atoms with Crippen LogP contribution in [0.5, 0.6) is 11.5 Å². The normalized spacial score (nSPS) is 13.0. The number of ether oxygens (including phenoxy) is 1. The second-order valence-corrected chi connectivity index (χ2v) is 14.8. The molecule has 2 aromatic heterocycles. The van der Waals surface area contributed by atoms with E-state index in [1.807, 2.05) is 0 Å². The third-order valence-corrected chi connectivity index (χ3v) is 10.8. The van der Waals surface area contributed by atoms with Crippen LogP contribution in [0.3, 0.4) is 0 Å². The highest BCUT2D eigenvalue weighted by Gasteiger charge is 2.36. The fourth-order valence-electron chi connectivity index (χ4n) is 8.40. The summed E-state index contributed by atoms with van der Waals surface area (Å²) in [5.74, 6) is 3.12. The highest BCUT2D eigenvalue weighted by molar-refractivity contribution is 6.97. The molecule has 3 heterocycles. The molecule has 1 N–H and O–H groups in total. The molecular weight excluding hydrogens is 595 g/mol. The van der Waals surface area contributed by atoms with Crippen molar-refractivity contribution in [2.24, 2.45) is 0 Å². The third kappa shape index (κ3) is 4.50. The van der Waals surface area contributed by atoms with Crippen molar-refractivity contribution >= 4 is 66.7 Å². The van der Waals surface area contributed by atoms with Gasteiger partial charge in [-0.15, -0.1) is 0 Å². The van der Waals surface area contributed by atoms with Gasteiger partial charge in [0.1, 0.15) is 11.5 Å². The topological polar surface area (TPSA) is 29.9 Å². The summed E-state index contributed by atoms with van der Waals surface area (Å²) < 4.78 is 9.25. The largest absolute Gasteiger partial charge is 0.458 e. The molecule has 0 fully saturated rings. The van der Waals surface area contributed by atoms with Crippen molar-refractivity contribution in [2.75, 3.05) is 0 Å². The van der Waals surface area contributed by atoms with Crippen LogP contribution in [0, 0.1) is 0 Å². The van der Waals surface area contributed by atoms with Gasteiger partial charge in [0.25, 0.3) is 6.71 Å². The molecule has 0 atom stereocenters. The van der Waals surface area contributed by atoms with Gasteiger partial charge in [-0.2, -0.15) is 0 Å². The molecule has 0 saturated heterocycles. The first-order chi connectivity index (χ1) is 23.8. The van der Waals surface area contributed by atoms with Gasteiger partial charge < -0.3 is 14.3 Å². The predicted molar refractivity (Wildman–Crippen MR) is 210 cm³/mol. The quantitative estimate of drug-likeness (QED) is 0.187. The Bertz CT molecular complexity index is 2550. The average Bonchev–Trinajstić information content (AvgIpc) is 3.65.